The van der Waals surface area contributed by atoms with Crippen LogP contribution in [0.5, 0.6) is 0 Å². The lowest BCUT2D eigenvalue weighted by molar-refractivity contribution is 0.105. The first-order chi connectivity index (χ1) is 7.38. The third kappa shape index (κ3) is 3.41. The third-order valence-electron chi connectivity index (χ3n) is 3.50. The molecule has 0 saturated carbocycles. The molecule has 2 aliphatic heterocycles. The zero-order valence-electron chi connectivity index (χ0n) is 9.74. The minimum absolute atomic E-state index is 0.480. The SMILES string of the molecule is COC1CCN(CCN2CCNCC2)C1. The van der Waals surface area contributed by atoms with Crippen molar-refractivity contribution in [2.24, 2.45) is 0 Å². The first kappa shape index (κ1) is 11.3. The molecule has 88 valence electrons. The largest absolute Gasteiger partial charge is 0.380 e. The van der Waals surface area contributed by atoms with Crippen LogP contribution in [-0.2, 0) is 4.74 Å². The third-order valence-corrected chi connectivity index (χ3v) is 3.50. The molecule has 0 spiro atoms. The maximum atomic E-state index is 5.37. The van der Waals surface area contributed by atoms with Crippen LogP contribution in [0.1, 0.15) is 6.42 Å². The number of hydrogen-bond donors (Lipinski definition) is 1. The second-order valence-electron chi connectivity index (χ2n) is 4.54. The fourth-order valence-electron chi connectivity index (χ4n) is 2.41. The van der Waals surface area contributed by atoms with Crippen molar-refractivity contribution in [2.45, 2.75) is 12.5 Å². The van der Waals surface area contributed by atoms with Gasteiger partial charge in [0.1, 0.15) is 0 Å². The molecule has 2 saturated heterocycles. The summed E-state index contributed by atoms with van der Waals surface area (Å²) in [5.74, 6) is 0. The van der Waals surface area contributed by atoms with Crippen LogP contribution >= 0.6 is 0 Å². The summed E-state index contributed by atoms with van der Waals surface area (Å²) in [6, 6.07) is 0. The Hall–Kier alpha value is -0.160. The van der Waals surface area contributed by atoms with E-state index in [1.807, 2.05) is 7.11 Å². The average Bonchev–Trinajstić information content (AvgIpc) is 2.76. The summed E-state index contributed by atoms with van der Waals surface area (Å²) in [4.78, 5) is 5.08. The fourth-order valence-corrected chi connectivity index (χ4v) is 2.41. The van der Waals surface area contributed by atoms with Gasteiger partial charge in [0, 0.05) is 59.5 Å². The molecule has 4 heteroatoms. The number of rotatable bonds is 4. The minimum Gasteiger partial charge on any atom is -0.380 e. The number of likely N-dealkylation sites (tertiary alicyclic amines) is 1. The van der Waals surface area contributed by atoms with Crippen molar-refractivity contribution < 1.29 is 4.74 Å². The zero-order valence-corrected chi connectivity index (χ0v) is 9.74. The Labute approximate surface area is 92.6 Å². The van der Waals surface area contributed by atoms with Crippen molar-refractivity contribution in [3.63, 3.8) is 0 Å². The van der Waals surface area contributed by atoms with Gasteiger partial charge >= 0.3 is 0 Å². The molecule has 4 nitrogen and oxygen atoms in total. The molecule has 1 unspecified atom stereocenters. The van der Waals surface area contributed by atoms with E-state index in [-0.39, 0.29) is 0 Å². The van der Waals surface area contributed by atoms with E-state index in [1.54, 1.807) is 0 Å². The number of ether oxygens (including phenoxy) is 1. The van der Waals surface area contributed by atoms with Gasteiger partial charge in [-0.05, 0) is 6.42 Å². The number of hydrogen-bond acceptors (Lipinski definition) is 4. The van der Waals surface area contributed by atoms with Crippen molar-refractivity contribution in [1.82, 2.24) is 15.1 Å². The standard InChI is InChI=1S/C11H23N3O/c1-15-11-2-5-14(10-11)9-8-13-6-3-12-4-7-13/h11-12H,2-10H2,1H3. The summed E-state index contributed by atoms with van der Waals surface area (Å²) < 4.78 is 5.37. The Morgan fingerprint density at radius 1 is 1.13 bits per heavy atom. The van der Waals surface area contributed by atoms with E-state index in [1.165, 1.54) is 39.1 Å². The zero-order chi connectivity index (χ0) is 10.5. The van der Waals surface area contributed by atoms with Crippen molar-refractivity contribution in [2.75, 3.05) is 59.5 Å². The van der Waals surface area contributed by atoms with Crippen LogP contribution in [0.25, 0.3) is 0 Å². The molecule has 0 aliphatic carbocycles. The topological polar surface area (TPSA) is 27.7 Å². The van der Waals surface area contributed by atoms with E-state index in [9.17, 15) is 0 Å². The number of nitrogens with zero attached hydrogens (tertiary/aromatic N) is 2. The van der Waals surface area contributed by atoms with Gasteiger partial charge in [0.15, 0.2) is 0 Å². The van der Waals surface area contributed by atoms with Crippen LogP contribution in [0.15, 0.2) is 0 Å². The molecule has 1 atom stereocenters. The molecule has 0 aromatic carbocycles. The lowest BCUT2D eigenvalue weighted by Crippen LogP contribution is -2.46. The predicted octanol–water partition coefficient (Wildman–Crippen LogP) is -0.388. The van der Waals surface area contributed by atoms with Crippen molar-refractivity contribution in [3.05, 3.63) is 0 Å². The first-order valence-corrected chi connectivity index (χ1v) is 6.06. The van der Waals surface area contributed by atoms with Crippen LogP contribution in [0, 0.1) is 0 Å². The second-order valence-corrected chi connectivity index (χ2v) is 4.54. The highest BCUT2D eigenvalue weighted by Gasteiger charge is 2.22. The van der Waals surface area contributed by atoms with E-state index < -0.39 is 0 Å². The Morgan fingerprint density at radius 2 is 1.87 bits per heavy atom. The number of piperazine rings is 1. The maximum Gasteiger partial charge on any atom is 0.0710 e. The molecule has 0 aromatic heterocycles. The van der Waals surface area contributed by atoms with Gasteiger partial charge in [-0.1, -0.05) is 0 Å². The Balaban J connectivity index is 1.61. The van der Waals surface area contributed by atoms with Crippen molar-refractivity contribution >= 4 is 0 Å². The number of nitrogens with one attached hydrogen (secondary N) is 1. The Morgan fingerprint density at radius 3 is 2.53 bits per heavy atom. The summed E-state index contributed by atoms with van der Waals surface area (Å²) in [5.41, 5.74) is 0. The summed E-state index contributed by atoms with van der Waals surface area (Å²) >= 11 is 0. The van der Waals surface area contributed by atoms with E-state index in [0.717, 1.165) is 19.6 Å². The predicted molar refractivity (Wildman–Crippen MR) is 61.2 cm³/mol. The average molecular weight is 213 g/mol. The van der Waals surface area contributed by atoms with E-state index in [0.29, 0.717) is 6.10 Å². The normalized spacial score (nSPS) is 29.8. The molecule has 0 amide bonds. The van der Waals surface area contributed by atoms with Crippen LogP contribution in [0.3, 0.4) is 0 Å². The maximum absolute atomic E-state index is 5.37. The van der Waals surface area contributed by atoms with Crippen LogP contribution < -0.4 is 5.32 Å². The highest BCUT2D eigenvalue weighted by molar-refractivity contribution is 4.77. The molecular weight excluding hydrogens is 190 g/mol. The second kappa shape index (κ2) is 5.80. The van der Waals surface area contributed by atoms with Gasteiger partial charge in [-0.25, -0.2) is 0 Å². The van der Waals surface area contributed by atoms with Gasteiger partial charge in [0.05, 0.1) is 6.10 Å². The van der Waals surface area contributed by atoms with Crippen LogP contribution in [-0.4, -0.2) is 75.4 Å². The fraction of sp³-hybridized carbons (Fsp3) is 1.00. The van der Waals surface area contributed by atoms with E-state index in [2.05, 4.69) is 15.1 Å². The van der Waals surface area contributed by atoms with Gasteiger partial charge in [-0.3, -0.25) is 9.80 Å². The molecule has 0 bridgehead atoms. The molecule has 2 aliphatic rings. The molecule has 1 N–H and O–H groups in total. The highest BCUT2D eigenvalue weighted by Crippen LogP contribution is 2.11. The van der Waals surface area contributed by atoms with Gasteiger partial charge in [0.2, 0.25) is 0 Å². The van der Waals surface area contributed by atoms with Crippen LogP contribution in [0.4, 0.5) is 0 Å². The summed E-state index contributed by atoms with van der Waals surface area (Å²) in [7, 11) is 1.82. The van der Waals surface area contributed by atoms with Gasteiger partial charge in [-0.15, -0.1) is 0 Å². The quantitative estimate of drug-likeness (QED) is 0.688. The van der Waals surface area contributed by atoms with E-state index in [4.69, 9.17) is 4.74 Å². The molecular formula is C11H23N3O. The lowest BCUT2D eigenvalue weighted by atomic mass is 10.3. The van der Waals surface area contributed by atoms with Crippen molar-refractivity contribution in [3.8, 4) is 0 Å². The van der Waals surface area contributed by atoms with Crippen molar-refractivity contribution in [1.29, 1.82) is 0 Å². The minimum atomic E-state index is 0.480. The first-order valence-electron chi connectivity index (χ1n) is 6.06. The summed E-state index contributed by atoms with van der Waals surface area (Å²) in [6.07, 6.45) is 1.69. The summed E-state index contributed by atoms with van der Waals surface area (Å²) in [5, 5.41) is 3.38. The van der Waals surface area contributed by atoms with Crippen LogP contribution in [0.2, 0.25) is 0 Å². The highest BCUT2D eigenvalue weighted by atomic mass is 16.5. The molecule has 2 heterocycles. The summed E-state index contributed by atoms with van der Waals surface area (Å²) in [6.45, 7) is 9.50. The lowest BCUT2D eigenvalue weighted by Gasteiger charge is -2.28. The Kier molecular flexibility index (Phi) is 4.38. The Bertz CT molecular complexity index is 183. The number of methoxy groups -OCH3 is 1. The molecule has 15 heavy (non-hydrogen) atoms. The monoisotopic (exact) mass is 213 g/mol. The smallest absolute Gasteiger partial charge is 0.0710 e. The molecule has 0 radical (unpaired) electrons. The van der Waals surface area contributed by atoms with Gasteiger partial charge in [-0.2, -0.15) is 0 Å². The molecule has 2 rings (SSSR count). The van der Waals surface area contributed by atoms with Gasteiger partial charge < -0.3 is 10.1 Å². The van der Waals surface area contributed by atoms with Gasteiger partial charge in [0.25, 0.3) is 0 Å². The van der Waals surface area contributed by atoms with E-state index >= 15 is 0 Å². The molecule has 2 fully saturated rings. The molecule has 0 aromatic rings.